The Balaban J connectivity index is 1.42. The fourth-order valence-electron chi connectivity index (χ4n) is 4.50. The number of hydrogen-bond donors (Lipinski definition) is 1. The van der Waals surface area contributed by atoms with Gasteiger partial charge in [0.1, 0.15) is 11.6 Å². The van der Waals surface area contributed by atoms with Crippen molar-refractivity contribution in [3.8, 4) is 11.3 Å². The number of halogens is 2. The minimum Gasteiger partial charge on any atom is -0.366 e. The molecule has 0 spiro atoms. The molecule has 1 aliphatic rings. The van der Waals surface area contributed by atoms with Crippen molar-refractivity contribution in [2.75, 3.05) is 25.0 Å². The average Bonchev–Trinajstić information content (AvgIpc) is 2.80. The van der Waals surface area contributed by atoms with Crippen LogP contribution in [0.4, 0.5) is 10.2 Å². The number of aromatic nitrogens is 2. The number of nitrogens with zero attached hydrogens (tertiary/aromatic N) is 3. The Morgan fingerprint density at radius 2 is 1.91 bits per heavy atom. The Kier molecular flexibility index (Phi) is 7.94. The Morgan fingerprint density at radius 1 is 1.12 bits per heavy atom. The van der Waals surface area contributed by atoms with Crippen LogP contribution in [0.2, 0.25) is 5.02 Å². The third kappa shape index (κ3) is 6.75. The number of nitrogens with one attached hydrogen (secondary N) is 1. The molecule has 0 atom stereocenters. The Morgan fingerprint density at radius 3 is 2.67 bits per heavy atom. The van der Waals surface area contributed by atoms with Gasteiger partial charge in [0.15, 0.2) is 0 Å². The second-order valence-corrected chi connectivity index (χ2v) is 9.80. The molecule has 0 saturated carbocycles. The standard InChI is InChI=1S/C27H32ClFN4/c1-19(2)18-33-11-9-20(10-12-33)14-23-15-24(25(28)17-30-23)26-7-4-8-27(32-26)31-16-21-5-3-6-22(29)13-21/h3-8,13,15,17,19-20H,9-12,14,16,18H2,1-2H3,(H,31,32). The van der Waals surface area contributed by atoms with Crippen LogP contribution in [0.5, 0.6) is 0 Å². The van der Waals surface area contributed by atoms with Gasteiger partial charge in [0, 0.05) is 30.5 Å². The number of anilines is 1. The summed E-state index contributed by atoms with van der Waals surface area (Å²) in [6, 6.07) is 14.5. The quantitative estimate of drug-likeness (QED) is 0.413. The van der Waals surface area contributed by atoms with E-state index < -0.39 is 0 Å². The maximum absolute atomic E-state index is 13.4. The highest BCUT2D eigenvalue weighted by molar-refractivity contribution is 6.33. The number of likely N-dealkylation sites (tertiary alicyclic amines) is 1. The van der Waals surface area contributed by atoms with Crippen molar-refractivity contribution in [3.63, 3.8) is 0 Å². The zero-order valence-electron chi connectivity index (χ0n) is 19.4. The van der Waals surface area contributed by atoms with Gasteiger partial charge in [0.2, 0.25) is 0 Å². The fraction of sp³-hybridized carbons (Fsp3) is 0.407. The first-order valence-electron chi connectivity index (χ1n) is 11.8. The summed E-state index contributed by atoms with van der Waals surface area (Å²) in [5.74, 6) is 1.86. The van der Waals surface area contributed by atoms with Gasteiger partial charge in [-0.1, -0.05) is 43.6 Å². The lowest BCUT2D eigenvalue weighted by Gasteiger charge is -2.32. The Bertz CT molecular complexity index is 1060. The highest BCUT2D eigenvalue weighted by atomic mass is 35.5. The molecular formula is C27H32ClFN4. The summed E-state index contributed by atoms with van der Waals surface area (Å²) in [4.78, 5) is 11.9. The van der Waals surface area contributed by atoms with Crippen molar-refractivity contribution >= 4 is 17.4 Å². The molecular weight excluding hydrogens is 435 g/mol. The van der Waals surface area contributed by atoms with Gasteiger partial charge in [-0.05, 0) is 80.1 Å². The van der Waals surface area contributed by atoms with Crippen molar-refractivity contribution in [3.05, 3.63) is 76.8 Å². The van der Waals surface area contributed by atoms with Crippen molar-refractivity contribution in [1.29, 1.82) is 0 Å². The molecule has 1 aromatic carbocycles. The maximum atomic E-state index is 13.4. The number of hydrogen-bond acceptors (Lipinski definition) is 4. The van der Waals surface area contributed by atoms with E-state index in [-0.39, 0.29) is 5.82 Å². The maximum Gasteiger partial charge on any atom is 0.126 e. The van der Waals surface area contributed by atoms with Gasteiger partial charge in [-0.15, -0.1) is 0 Å². The minimum atomic E-state index is -0.238. The van der Waals surface area contributed by atoms with E-state index in [0.29, 0.717) is 23.4 Å². The number of pyridine rings is 2. The SMILES string of the molecule is CC(C)CN1CCC(Cc2cc(-c3cccc(NCc4cccc(F)c4)n3)c(Cl)cn2)CC1. The lowest BCUT2D eigenvalue weighted by Crippen LogP contribution is -2.36. The molecule has 1 fully saturated rings. The first-order chi connectivity index (χ1) is 16.0. The van der Waals surface area contributed by atoms with Crippen LogP contribution in [-0.2, 0) is 13.0 Å². The summed E-state index contributed by atoms with van der Waals surface area (Å²) >= 11 is 6.51. The van der Waals surface area contributed by atoms with Crippen LogP contribution >= 0.6 is 11.6 Å². The van der Waals surface area contributed by atoms with Crippen LogP contribution in [0.15, 0.2) is 54.7 Å². The predicted octanol–water partition coefficient (Wildman–Crippen LogP) is 6.46. The van der Waals surface area contributed by atoms with Gasteiger partial charge in [0.25, 0.3) is 0 Å². The summed E-state index contributed by atoms with van der Waals surface area (Å²) in [6.07, 6.45) is 5.14. The summed E-state index contributed by atoms with van der Waals surface area (Å²) in [7, 11) is 0. The second kappa shape index (κ2) is 11.1. The van der Waals surface area contributed by atoms with E-state index in [1.54, 1.807) is 12.3 Å². The number of piperidine rings is 1. The number of benzene rings is 1. The molecule has 1 aliphatic heterocycles. The smallest absolute Gasteiger partial charge is 0.126 e. The molecule has 2 aromatic heterocycles. The molecule has 4 nitrogen and oxygen atoms in total. The van der Waals surface area contributed by atoms with Crippen LogP contribution in [0.1, 0.15) is 37.9 Å². The molecule has 0 amide bonds. The van der Waals surface area contributed by atoms with Gasteiger partial charge in [0.05, 0.1) is 10.7 Å². The van der Waals surface area contributed by atoms with Crippen LogP contribution in [0, 0.1) is 17.7 Å². The third-order valence-corrected chi connectivity index (χ3v) is 6.43. The van der Waals surface area contributed by atoms with Crippen molar-refractivity contribution in [2.45, 2.75) is 39.7 Å². The molecule has 0 bridgehead atoms. The van der Waals surface area contributed by atoms with E-state index in [1.165, 1.54) is 44.6 Å². The zero-order valence-corrected chi connectivity index (χ0v) is 20.2. The van der Waals surface area contributed by atoms with E-state index in [0.717, 1.165) is 34.8 Å². The van der Waals surface area contributed by atoms with E-state index in [4.69, 9.17) is 16.6 Å². The second-order valence-electron chi connectivity index (χ2n) is 9.39. The van der Waals surface area contributed by atoms with E-state index >= 15 is 0 Å². The highest BCUT2D eigenvalue weighted by Gasteiger charge is 2.21. The predicted molar refractivity (Wildman–Crippen MR) is 134 cm³/mol. The summed E-state index contributed by atoms with van der Waals surface area (Å²) in [5, 5.41) is 3.87. The summed E-state index contributed by atoms with van der Waals surface area (Å²) in [5.41, 5.74) is 3.63. The molecule has 0 radical (unpaired) electrons. The van der Waals surface area contributed by atoms with Crippen LogP contribution in [-0.4, -0.2) is 34.5 Å². The monoisotopic (exact) mass is 466 g/mol. The molecule has 3 heterocycles. The first kappa shape index (κ1) is 23.7. The van der Waals surface area contributed by atoms with Gasteiger partial charge in [-0.3, -0.25) is 4.98 Å². The third-order valence-electron chi connectivity index (χ3n) is 6.13. The fourth-order valence-corrected chi connectivity index (χ4v) is 4.70. The molecule has 33 heavy (non-hydrogen) atoms. The first-order valence-corrected chi connectivity index (χ1v) is 12.2. The van der Waals surface area contributed by atoms with Gasteiger partial charge in [-0.25, -0.2) is 9.37 Å². The van der Waals surface area contributed by atoms with Gasteiger partial charge in [-0.2, -0.15) is 0 Å². The largest absolute Gasteiger partial charge is 0.366 e. The summed E-state index contributed by atoms with van der Waals surface area (Å²) in [6.45, 7) is 8.59. The molecule has 0 aliphatic carbocycles. The molecule has 1 N–H and O–H groups in total. The molecule has 3 aromatic rings. The van der Waals surface area contributed by atoms with E-state index in [1.807, 2.05) is 24.3 Å². The molecule has 0 unspecified atom stereocenters. The van der Waals surface area contributed by atoms with Gasteiger partial charge < -0.3 is 10.2 Å². The number of rotatable bonds is 8. The Labute approximate surface area is 201 Å². The van der Waals surface area contributed by atoms with Crippen LogP contribution in [0.25, 0.3) is 11.3 Å². The average molecular weight is 467 g/mol. The zero-order chi connectivity index (χ0) is 23.2. The molecule has 1 saturated heterocycles. The highest BCUT2D eigenvalue weighted by Crippen LogP contribution is 2.29. The van der Waals surface area contributed by atoms with Gasteiger partial charge >= 0.3 is 0 Å². The van der Waals surface area contributed by atoms with Crippen LogP contribution in [0.3, 0.4) is 0 Å². The summed E-state index contributed by atoms with van der Waals surface area (Å²) < 4.78 is 13.4. The van der Waals surface area contributed by atoms with E-state index in [9.17, 15) is 4.39 Å². The molecule has 6 heteroatoms. The van der Waals surface area contributed by atoms with Crippen molar-refractivity contribution in [2.24, 2.45) is 11.8 Å². The molecule has 4 rings (SSSR count). The minimum absolute atomic E-state index is 0.238. The van der Waals surface area contributed by atoms with E-state index in [2.05, 4.69) is 35.1 Å². The van der Waals surface area contributed by atoms with Crippen LogP contribution < -0.4 is 5.32 Å². The van der Waals surface area contributed by atoms with Crippen molar-refractivity contribution in [1.82, 2.24) is 14.9 Å². The van der Waals surface area contributed by atoms with Crippen molar-refractivity contribution < 1.29 is 4.39 Å². The normalized spacial score (nSPS) is 15.2. The topological polar surface area (TPSA) is 41.0 Å². The molecule has 174 valence electrons. The Hall–Kier alpha value is -2.50. The lowest BCUT2D eigenvalue weighted by molar-refractivity contribution is 0.167. The lowest BCUT2D eigenvalue weighted by atomic mass is 9.91.